The van der Waals surface area contributed by atoms with Crippen molar-refractivity contribution in [2.75, 3.05) is 7.11 Å². The molecule has 5 aromatic rings. The number of fused-ring (bicyclic) bond motifs is 1. The molecular weight excluding hydrogens is 492 g/mol. The van der Waals surface area contributed by atoms with Gasteiger partial charge in [0.05, 0.1) is 30.9 Å². The fourth-order valence-corrected chi connectivity index (χ4v) is 5.26. The first-order valence-electron chi connectivity index (χ1n) is 12.5. The highest BCUT2D eigenvalue weighted by molar-refractivity contribution is 7.98. The van der Waals surface area contributed by atoms with Gasteiger partial charge >= 0.3 is 0 Å². The van der Waals surface area contributed by atoms with Crippen molar-refractivity contribution in [3.63, 3.8) is 0 Å². The van der Waals surface area contributed by atoms with Crippen LogP contribution in [0.15, 0.2) is 90.3 Å². The van der Waals surface area contributed by atoms with Crippen LogP contribution in [0.2, 0.25) is 0 Å². The molecule has 6 nitrogen and oxygen atoms in total. The van der Waals surface area contributed by atoms with E-state index in [1.54, 1.807) is 25.1 Å². The zero-order chi connectivity index (χ0) is 26.5. The standard InChI is InChI=1S/C31H30N4O2S/c1-21-4-5-22(2)26(16-21)17-33-30(36)25-10-6-23(7-11-25)19-35-29-18-32-15-14-28(29)34-31(35)38-20-24-8-12-27(37-3)13-9-24/h4-16,18H,17,19-20H2,1-3H3,(H,33,36). The Morgan fingerprint density at radius 3 is 2.50 bits per heavy atom. The number of hydrogen-bond donors (Lipinski definition) is 1. The molecule has 1 N–H and O–H groups in total. The second kappa shape index (κ2) is 11.5. The molecule has 2 heterocycles. The highest BCUT2D eigenvalue weighted by Crippen LogP contribution is 2.28. The molecule has 0 saturated heterocycles. The van der Waals surface area contributed by atoms with Crippen molar-refractivity contribution in [3.05, 3.63) is 119 Å². The van der Waals surface area contributed by atoms with Crippen molar-refractivity contribution < 1.29 is 9.53 Å². The lowest BCUT2D eigenvalue weighted by Crippen LogP contribution is -2.23. The Labute approximate surface area is 227 Å². The molecule has 192 valence electrons. The van der Waals surface area contributed by atoms with Gasteiger partial charge in [-0.25, -0.2) is 4.98 Å². The van der Waals surface area contributed by atoms with Crippen molar-refractivity contribution in [3.8, 4) is 5.75 Å². The van der Waals surface area contributed by atoms with Crippen LogP contribution in [0.25, 0.3) is 11.0 Å². The number of benzene rings is 3. The van der Waals surface area contributed by atoms with E-state index in [-0.39, 0.29) is 5.91 Å². The number of hydrogen-bond acceptors (Lipinski definition) is 5. The summed E-state index contributed by atoms with van der Waals surface area (Å²) in [4.78, 5) is 22.0. The Kier molecular flexibility index (Phi) is 7.75. The lowest BCUT2D eigenvalue weighted by Gasteiger charge is -2.11. The summed E-state index contributed by atoms with van der Waals surface area (Å²) in [5.74, 6) is 1.56. The maximum absolute atomic E-state index is 12.8. The topological polar surface area (TPSA) is 69.0 Å². The van der Waals surface area contributed by atoms with E-state index in [2.05, 4.69) is 59.0 Å². The minimum atomic E-state index is -0.0783. The minimum Gasteiger partial charge on any atom is -0.497 e. The lowest BCUT2D eigenvalue weighted by atomic mass is 10.1. The van der Waals surface area contributed by atoms with Gasteiger partial charge in [0, 0.05) is 24.1 Å². The van der Waals surface area contributed by atoms with Gasteiger partial charge in [-0.1, -0.05) is 59.8 Å². The number of carbonyl (C=O) groups excluding carboxylic acids is 1. The van der Waals surface area contributed by atoms with E-state index in [0.717, 1.165) is 38.8 Å². The molecule has 0 atom stereocenters. The van der Waals surface area contributed by atoms with E-state index in [0.29, 0.717) is 18.7 Å². The zero-order valence-corrected chi connectivity index (χ0v) is 22.6. The largest absolute Gasteiger partial charge is 0.497 e. The number of methoxy groups -OCH3 is 1. The Hall–Kier alpha value is -4.10. The fourth-order valence-electron chi connectivity index (χ4n) is 4.29. The Balaban J connectivity index is 1.29. The number of imidazole rings is 1. The maximum atomic E-state index is 12.8. The van der Waals surface area contributed by atoms with E-state index in [9.17, 15) is 4.79 Å². The van der Waals surface area contributed by atoms with Gasteiger partial charge in [-0.15, -0.1) is 0 Å². The molecule has 1 amide bonds. The van der Waals surface area contributed by atoms with Crippen LogP contribution >= 0.6 is 11.8 Å². The molecule has 0 spiro atoms. The third-order valence-corrected chi connectivity index (χ3v) is 7.59. The second-order valence-electron chi connectivity index (χ2n) is 9.29. The van der Waals surface area contributed by atoms with Crippen LogP contribution in [-0.2, 0) is 18.8 Å². The van der Waals surface area contributed by atoms with E-state index in [4.69, 9.17) is 9.72 Å². The molecule has 0 saturated carbocycles. The predicted octanol–water partition coefficient (Wildman–Crippen LogP) is 6.33. The van der Waals surface area contributed by atoms with Crippen molar-refractivity contribution in [2.45, 2.75) is 37.8 Å². The predicted molar refractivity (Wildman–Crippen MR) is 153 cm³/mol. The molecule has 7 heteroatoms. The molecule has 0 unspecified atom stereocenters. The van der Waals surface area contributed by atoms with E-state index < -0.39 is 0 Å². The van der Waals surface area contributed by atoms with Gasteiger partial charge < -0.3 is 14.6 Å². The number of aryl methyl sites for hydroxylation is 2. The number of amides is 1. The first-order chi connectivity index (χ1) is 18.5. The van der Waals surface area contributed by atoms with Crippen LogP contribution in [0.3, 0.4) is 0 Å². The monoisotopic (exact) mass is 522 g/mol. The summed E-state index contributed by atoms with van der Waals surface area (Å²) >= 11 is 1.69. The average Bonchev–Trinajstić information content (AvgIpc) is 3.30. The summed E-state index contributed by atoms with van der Waals surface area (Å²) in [6, 6.07) is 24.1. The molecule has 0 aliphatic heterocycles. The molecule has 0 aliphatic carbocycles. The van der Waals surface area contributed by atoms with E-state index in [1.165, 1.54) is 16.7 Å². The number of rotatable bonds is 9. The first kappa shape index (κ1) is 25.5. The first-order valence-corrected chi connectivity index (χ1v) is 13.5. The molecule has 3 aromatic carbocycles. The normalized spacial score (nSPS) is 11.0. The molecule has 38 heavy (non-hydrogen) atoms. The highest BCUT2D eigenvalue weighted by atomic mass is 32.2. The van der Waals surface area contributed by atoms with Crippen LogP contribution < -0.4 is 10.1 Å². The van der Waals surface area contributed by atoms with Crippen molar-refractivity contribution >= 4 is 28.7 Å². The second-order valence-corrected chi connectivity index (χ2v) is 10.2. The van der Waals surface area contributed by atoms with Crippen LogP contribution in [-0.4, -0.2) is 27.6 Å². The molecule has 0 bridgehead atoms. The van der Waals surface area contributed by atoms with Gasteiger partial charge in [0.25, 0.3) is 5.91 Å². The smallest absolute Gasteiger partial charge is 0.251 e. The number of thioether (sulfide) groups is 1. The zero-order valence-electron chi connectivity index (χ0n) is 21.8. The molecule has 0 radical (unpaired) electrons. The van der Waals surface area contributed by atoms with Crippen molar-refractivity contribution in [1.29, 1.82) is 0 Å². The number of nitrogens with one attached hydrogen (secondary N) is 1. The summed E-state index contributed by atoms with van der Waals surface area (Å²) in [5.41, 5.74) is 8.33. The SMILES string of the molecule is COc1ccc(CSc2nc3ccncc3n2Cc2ccc(C(=O)NCc3cc(C)ccc3C)cc2)cc1. The maximum Gasteiger partial charge on any atom is 0.251 e. The summed E-state index contributed by atoms with van der Waals surface area (Å²) in [5, 5.41) is 3.98. The third kappa shape index (κ3) is 5.89. The molecule has 5 rings (SSSR count). The number of carbonyl (C=O) groups is 1. The fraction of sp³-hybridized carbons (Fsp3) is 0.194. The van der Waals surface area contributed by atoms with Crippen LogP contribution in [0.5, 0.6) is 5.75 Å². The number of aromatic nitrogens is 3. The quantitative estimate of drug-likeness (QED) is 0.229. The Bertz CT molecular complexity index is 1560. The van der Waals surface area contributed by atoms with Gasteiger partial charge in [-0.05, 0) is 66.4 Å². The van der Waals surface area contributed by atoms with E-state index >= 15 is 0 Å². The summed E-state index contributed by atoms with van der Waals surface area (Å²) in [6.07, 6.45) is 3.62. The summed E-state index contributed by atoms with van der Waals surface area (Å²) in [6.45, 7) is 5.27. The van der Waals surface area contributed by atoms with Gasteiger partial charge in [0.15, 0.2) is 5.16 Å². The average molecular weight is 523 g/mol. The van der Waals surface area contributed by atoms with Gasteiger partial charge in [0.2, 0.25) is 0 Å². The number of nitrogens with zero attached hydrogens (tertiary/aromatic N) is 3. The minimum absolute atomic E-state index is 0.0783. The Morgan fingerprint density at radius 2 is 1.74 bits per heavy atom. The van der Waals surface area contributed by atoms with Gasteiger partial charge in [0.1, 0.15) is 5.75 Å². The van der Waals surface area contributed by atoms with Crippen LogP contribution in [0, 0.1) is 13.8 Å². The van der Waals surface area contributed by atoms with Crippen molar-refractivity contribution in [2.24, 2.45) is 0 Å². The van der Waals surface area contributed by atoms with Gasteiger partial charge in [-0.2, -0.15) is 0 Å². The molecule has 2 aromatic heterocycles. The molecule has 0 fully saturated rings. The van der Waals surface area contributed by atoms with E-state index in [1.807, 2.05) is 48.7 Å². The van der Waals surface area contributed by atoms with Crippen LogP contribution in [0.4, 0.5) is 0 Å². The van der Waals surface area contributed by atoms with Gasteiger partial charge in [-0.3, -0.25) is 9.78 Å². The molecule has 0 aliphatic rings. The lowest BCUT2D eigenvalue weighted by molar-refractivity contribution is 0.0951. The number of ether oxygens (including phenoxy) is 1. The third-order valence-electron chi connectivity index (χ3n) is 6.54. The summed E-state index contributed by atoms with van der Waals surface area (Å²) in [7, 11) is 1.67. The highest BCUT2D eigenvalue weighted by Gasteiger charge is 2.13. The Morgan fingerprint density at radius 1 is 0.974 bits per heavy atom. The summed E-state index contributed by atoms with van der Waals surface area (Å²) < 4.78 is 7.45. The molecular formula is C31H30N4O2S. The number of pyridine rings is 1. The van der Waals surface area contributed by atoms with Crippen LogP contribution in [0.1, 0.15) is 38.2 Å². The van der Waals surface area contributed by atoms with Crippen molar-refractivity contribution in [1.82, 2.24) is 19.9 Å².